The molecule has 2 aliphatic rings. The minimum absolute atomic E-state index is 0.0533. The largest absolute Gasteiger partial charge is 0.370 e. The fourth-order valence-corrected chi connectivity index (χ4v) is 3.01. The summed E-state index contributed by atoms with van der Waals surface area (Å²) in [6, 6.07) is 0. The standard InChI is InChI=1S/C15H29N3O2/c1-4-18(5-2)14(16)17-10-13-11-19-15(20-13)8-6-12(3)7-9-15/h12-13H,4-11H2,1-3H3,(H2,16,17). The summed E-state index contributed by atoms with van der Waals surface area (Å²) in [7, 11) is 0. The summed E-state index contributed by atoms with van der Waals surface area (Å²) in [6.07, 6.45) is 4.46. The van der Waals surface area contributed by atoms with Gasteiger partial charge in [0, 0.05) is 25.9 Å². The molecule has 2 N–H and O–H groups in total. The Hall–Kier alpha value is -0.810. The molecule has 2 fully saturated rings. The third-order valence-corrected chi connectivity index (χ3v) is 4.49. The summed E-state index contributed by atoms with van der Waals surface area (Å²) >= 11 is 0. The first-order chi connectivity index (χ1) is 9.58. The molecule has 0 aromatic carbocycles. The van der Waals surface area contributed by atoms with Crippen molar-refractivity contribution in [2.75, 3.05) is 26.2 Å². The van der Waals surface area contributed by atoms with Crippen LogP contribution in [0.4, 0.5) is 0 Å². The minimum Gasteiger partial charge on any atom is -0.370 e. The van der Waals surface area contributed by atoms with E-state index < -0.39 is 0 Å². The van der Waals surface area contributed by atoms with E-state index in [9.17, 15) is 0 Å². The summed E-state index contributed by atoms with van der Waals surface area (Å²) in [4.78, 5) is 6.51. The van der Waals surface area contributed by atoms with Gasteiger partial charge in [0.15, 0.2) is 11.7 Å². The van der Waals surface area contributed by atoms with E-state index in [1.54, 1.807) is 0 Å². The van der Waals surface area contributed by atoms with E-state index in [-0.39, 0.29) is 11.9 Å². The maximum absolute atomic E-state index is 6.13. The van der Waals surface area contributed by atoms with E-state index in [0.29, 0.717) is 19.1 Å². The summed E-state index contributed by atoms with van der Waals surface area (Å²) in [5, 5.41) is 0. The highest BCUT2D eigenvalue weighted by molar-refractivity contribution is 5.78. The van der Waals surface area contributed by atoms with Crippen LogP contribution in [0.3, 0.4) is 0 Å². The molecule has 0 amide bonds. The number of rotatable bonds is 4. The van der Waals surface area contributed by atoms with E-state index in [2.05, 4.69) is 25.8 Å². The van der Waals surface area contributed by atoms with Gasteiger partial charge in [-0.3, -0.25) is 4.99 Å². The van der Waals surface area contributed by atoms with Gasteiger partial charge < -0.3 is 20.1 Å². The zero-order valence-corrected chi connectivity index (χ0v) is 13.1. The lowest BCUT2D eigenvalue weighted by molar-refractivity contribution is -0.190. The van der Waals surface area contributed by atoms with Crippen molar-refractivity contribution in [2.45, 2.75) is 58.3 Å². The Bertz CT molecular complexity index is 334. The van der Waals surface area contributed by atoms with Gasteiger partial charge in [-0.1, -0.05) is 6.92 Å². The molecule has 1 heterocycles. The van der Waals surface area contributed by atoms with Gasteiger partial charge in [0.25, 0.3) is 0 Å². The Morgan fingerprint density at radius 2 is 1.95 bits per heavy atom. The van der Waals surface area contributed by atoms with Crippen LogP contribution in [0.1, 0.15) is 46.5 Å². The van der Waals surface area contributed by atoms with Crippen molar-refractivity contribution in [3.05, 3.63) is 0 Å². The van der Waals surface area contributed by atoms with Crippen LogP contribution in [-0.4, -0.2) is 49.0 Å². The zero-order valence-electron chi connectivity index (χ0n) is 13.1. The van der Waals surface area contributed by atoms with E-state index in [0.717, 1.165) is 31.8 Å². The summed E-state index contributed by atoms with van der Waals surface area (Å²) in [5.41, 5.74) is 5.98. The van der Waals surface area contributed by atoms with E-state index in [1.807, 2.05) is 4.90 Å². The van der Waals surface area contributed by atoms with Gasteiger partial charge in [0.05, 0.1) is 13.2 Å². The van der Waals surface area contributed by atoms with Crippen LogP contribution in [0.25, 0.3) is 0 Å². The van der Waals surface area contributed by atoms with E-state index >= 15 is 0 Å². The Balaban J connectivity index is 1.83. The Kier molecular flexibility index (Phi) is 5.27. The number of ether oxygens (including phenoxy) is 2. The summed E-state index contributed by atoms with van der Waals surface area (Å²) in [6.45, 7) is 9.47. The van der Waals surface area contributed by atoms with Crippen molar-refractivity contribution in [1.29, 1.82) is 0 Å². The van der Waals surface area contributed by atoms with Gasteiger partial charge in [-0.05, 0) is 32.6 Å². The van der Waals surface area contributed by atoms with Crippen LogP contribution in [0.2, 0.25) is 0 Å². The van der Waals surface area contributed by atoms with Crippen molar-refractivity contribution in [1.82, 2.24) is 4.90 Å². The molecular weight excluding hydrogens is 254 g/mol. The highest BCUT2D eigenvalue weighted by Crippen LogP contribution is 2.39. The van der Waals surface area contributed by atoms with Gasteiger partial charge in [-0.15, -0.1) is 0 Å². The second-order valence-electron chi connectivity index (χ2n) is 6.02. The van der Waals surface area contributed by atoms with E-state index in [1.165, 1.54) is 12.8 Å². The number of nitrogens with zero attached hydrogens (tertiary/aromatic N) is 2. The predicted molar refractivity (Wildman–Crippen MR) is 80.6 cm³/mol. The fourth-order valence-electron chi connectivity index (χ4n) is 3.01. The zero-order chi connectivity index (χ0) is 14.6. The molecule has 5 heteroatoms. The van der Waals surface area contributed by atoms with Gasteiger partial charge in [-0.25, -0.2) is 0 Å². The molecule has 1 spiro atoms. The lowest BCUT2D eigenvalue weighted by Gasteiger charge is -2.34. The molecule has 0 aromatic heterocycles. The topological polar surface area (TPSA) is 60.1 Å². The first-order valence-electron chi connectivity index (χ1n) is 7.95. The maximum Gasteiger partial charge on any atom is 0.191 e. The lowest BCUT2D eigenvalue weighted by Crippen LogP contribution is -2.38. The average molecular weight is 283 g/mol. The number of guanidine groups is 1. The van der Waals surface area contributed by atoms with Gasteiger partial charge in [0.1, 0.15) is 6.10 Å². The average Bonchev–Trinajstić information content (AvgIpc) is 2.85. The molecule has 1 atom stereocenters. The van der Waals surface area contributed by atoms with Crippen LogP contribution in [0.5, 0.6) is 0 Å². The molecule has 1 aliphatic heterocycles. The first kappa shape index (κ1) is 15.6. The molecule has 20 heavy (non-hydrogen) atoms. The normalized spacial score (nSPS) is 34.6. The third kappa shape index (κ3) is 3.64. The molecule has 0 bridgehead atoms. The Labute approximate surface area is 122 Å². The quantitative estimate of drug-likeness (QED) is 0.633. The van der Waals surface area contributed by atoms with Crippen LogP contribution in [0, 0.1) is 5.92 Å². The Morgan fingerprint density at radius 3 is 2.55 bits per heavy atom. The monoisotopic (exact) mass is 283 g/mol. The van der Waals surface area contributed by atoms with Crippen molar-refractivity contribution in [3.63, 3.8) is 0 Å². The van der Waals surface area contributed by atoms with Crippen LogP contribution < -0.4 is 5.73 Å². The SMILES string of the molecule is CCN(CC)C(N)=NCC1COC2(CCC(C)CC2)O1. The molecule has 2 rings (SSSR count). The predicted octanol–water partition coefficient (Wildman–Crippen LogP) is 1.96. The van der Waals surface area contributed by atoms with Gasteiger partial charge >= 0.3 is 0 Å². The van der Waals surface area contributed by atoms with Gasteiger partial charge in [0.2, 0.25) is 0 Å². The Morgan fingerprint density at radius 1 is 1.30 bits per heavy atom. The second-order valence-corrected chi connectivity index (χ2v) is 6.02. The summed E-state index contributed by atoms with van der Waals surface area (Å²) in [5.74, 6) is 1.08. The number of aliphatic imine (C=N–C) groups is 1. The molecule has 1 aliphatic carbocycles. The van der Waals surface area contributed by atoms with Crippen molar-refractivity contribution < 1.29 is 9.47 Å². The molecule has 0 radical (unpaired) electrons. The molecule has 1 saturated heterocycles. The molecular formula is C15H29N3O2. The van der Waals surface area contributed by atoms with Crippen molar-refractivity contribution in [3.8, 4) is 0 Å². The molecule has 1 saturated carbocycles. The van der Waals surface area contributed by atoms with Gasteiger partial charge in [-0.2, -0.15) is 0 Å². The van der Waals surface area contributed by atoms with Crippen molar-refractivity contribution in [2.24, 2.45) is 16.6 Å². The highest BCUT2D eigenvalue weighted by Gasteiger charge is 2.43. The second kappa shape index (κ2) is 6.76. The van der Waals surface area contributed by atoms with Crippen LogP contribution >= 0.6 is 0 Å². The lowest BCUT2D eigenvalue weighted by atomic mass is 9.86. The summed E-state index contributed by atoms with van der Waals surface area (Å²) < 4.78 is 12.1. The molecule has 5 nitrogen and oxygen atoms in total. The number of hydrogen-bond donors (Lipinski definition) is 1. The number of nitrogens with two attached hydrogens (primary N) is 1. The fraction of sp³-hybridized carbons (Fsp3) is 0.933. The molecule has 116 valence electrons. The number of hydrogen-bond acceptors (Lipinski definition) is 3. The van der Waals surface area contributed by atoms with Crippen LogP contribution in [-0.2, 0) is 9.47 Å². The van der Waals surface area contributed by atoms with Crippen LogP contribution in [0.15, 0.2) is 4.99 Å². The third-order valence-electron chi connectivity index (χ3n) is 4.49. The molecule has 0 aromatic rings. The van der Waals surface area contributed by atoms with E-state index in [4.69, 9.17) is 15.2 Å². The smallest absolute Gasteiger partial charge is 0.191 e. The maximum atomic E-state index is 6.13. The highest BCUT2D eigenvalue weighted by atomic mass is 16.7. The first-order valence-corrected chi connectivity index (χ1v) is 7.95. The van der Waals surface area contributed by atoms with Crippen molar-refractivity contribution >= 4 is 5.96 Å². The molecule has 1 unspecified atom stereocenters. The minimum atomic E-state index is -0.323.